The molecule has 0 unspecified atom stereocenters. The Hall–Kier alpha value is -1.21. The van der Waals surface area contributed by atoms with Gasteiger partial charge in [0.2, 0.25) is 10.0 Å². The van der Waals surface area contributed by atoms with Gasteiger partial charge >= 0.3 is 0 Å². The van der Waals surface area contributed by atoms with Crippen molar-refractivity contribution in [2.45, 2.75) is 18.7 Å². The quantitative estimate of drug-likeness (QED) is 0.841. The summed E-state index contributed by atoms with van der Waals surface area (Å²) in [6.07, 6.45) is 0. The van der Waals surface area contributed by atoms with Gasteiger partial charge in [0, 0.05) is 24.8 Å². The molecule has 4 nitrogen and oxygen atoms in total. The average molecular weight is 264 g/mol. The lowest BCUT2D eigenvalue weighted by molar-refractivity contribution is 0.457. The summed E-state index contributed by atoms with van der Waals surface area (Å²) in [6, 6.07) is 0.940. The van der Waals surface area contributed by atoms with Crippen LogP contribution in [0.4, 0.5) is 14.5 Å². The summed E-state index contributed by atoms with van der Waals surface area (Å²) in [5.74, 6) is -2.62. The van der Waals surface area contributed by atoms with Crippen LogP contribution in [0.1, 0.15) is 12.5 Å². The monoisotopic (exact) mass is 264 g/mol. The van der Waals surface area contributed by atoms with Gasteiger partial charge in [-0.15, -0.1) is 0 Å². The Morgan fingerprint density at radius 1 is 1.35 bits per heavy atom. The van der Waals surface area contributed by atoms with Gasteiger partial charge in [-0.3, -0.25) is 0 Å². The van der Waals surface area contributed by atoms with E-state index in [1.54, 1.807) is 6.92 Å². The summed E-state index contributed by atoms with van der Waals surface area (Å²) < 4.78 is 51.7. The van der Waals surface area contributed by atoms with Gasteiger partial charge in [0.15, 0.2) is 11.6 Å². The highest BCUT2D eigenvalue weighted by atomic mass is 32.2. The molecule has 0 radical (unpaired) electrons. The van der Waals surface area contributed by atoms with Crippen LogP contribution in [0.25, 0.3) is 0 Å². The zero-order valence-corrected chi connectivity index (χ0v) is 10.6. The number of rotatable bonds is 3. The number of hydrogen-bond acceptors (Lipinski definition) is 3. The largest absolute Gasteiger partial charge is 0.398 e. The molecule has 1 aromatic rings. The van der Waals surface area contributed by atoms with E-state index in [-0.39, 0.29) is 17.8 Å². The van der Waals surface area contributed by atoms with E-state index in [1.165, 1.54) is 14.0 Å². The van der Waals surface area contributed by atoms with Crippen molar-refractivity contribution in [2.75, 3.05) is 19.3 Å². The molecular formula is C10H14F2N2O2S. The van der Waals surface area contributed by atoms with Gasteiger partial charge in [0.25, 0.3) is 0 Å². The highest BCUT2D eigenvalue weighted by Crippen LogP contribution is 2.26. The minimum absolute atomic E-state index is 0.0908. The number of anilines is 1. The van der Waals surface area contributed by atoms with Crippen molar-refractivity contribution in [3.63, 3.8) is 0 Å². The molecule has 0 aliphatic rings. The summed E-state index contributed by atoms with van der Waals surface area (Å²) in [5, 5.41) is 0. The normalized spacial score (nSPS) is 12.1. The van der Waals surface area contributed by atoms with Gasteiger partial charge in [-0.2, -0.15) is 0 Å². The Labute approximate surface area is 99.1 Å². The van der Waals surface area contributed by atoms with E-state index in [0.717, 1.165) is 10.4 Å². The lowest BCUT2D eigenvalue weighted by Gasteiger charge is -2.16. The molecule has 0 aliphatic carbocycles. The molecule has 0 saturated heterocycles. The van der Waals surface area contributed by atoms with Crippen LogP contribution in [0.15, 0.2) is 11.0 Å². The first-order chi connectivity index (χ1) is 7.73. The molecular weight excluding hydrogens is 250 g/mol. The van der Waals surface area contributed by atoms with Crippen LogP contribution in [-0.2, 0) is 10.0 Å². The van der Waals surface area contributed by atoms with Crippen molar-refractivity contribution in [3.8, 4) is 0 Å². The van der Waals surface area contributed by atoms with Crippen molar-refractivity contribution in [3.05, 3.63) is 23.3 Å². The Morgan fingerprint density at radius 2 is 1.88 bits per heavy atom. The standard InChI is InChI=1S/C10H14F2N2O2S/c1-4-14(3)17(15,16)8-5-7(13)6(2)9(11)10(8)12/h5H,4,13H2,1-3H3. The smallest absolute Gasteiger partial charge is 0.245 e. The van der Waals surface area contributed by atoms with Gasteiger partial charge in [0.1, 0.15) is 4.90 Å². The highest BCUT2D eigenvalue weighted by Gasteiger charge is 2.27. The summed E-state index contributed by atoms with van der Waals surface area (Å²) in [5.41, 5.74) is 5.25. The maximum Gasteiger partial charge on any atom is 0.245 e. The van der Waals surface area contributed by atoms with Crippen LogP contribution in [0.3, 0.4) is 0 Å². The molecule has 0 atom stereocenters. The van der Waals surface area contributed by atoms with Crippen molar-refractivity contribution >= 4 is 15.7 Å². The molecule has 0 heterocycles. The maximum absolute atomic E-state index is 13.6. The second-order valence-electron chi connectivity index (χ2n) is 3.64. The molecule has 0 saturated carbocycles. The van der Waals surface area contributed by atoms with Crippen molar-refractivity contribution < 1.29 is 17.2 Å². The third-order valence-electron chi connectivity index (χ3n) is 2.59. The van der Waals surface area contributed by atoms with Crippen molar-refractivity contribution in [1.82, 2.24) is 4.31 Å². The van der Waals surface area contributed by atoms with Crippen LogP contribution in [0.2, 0.25) is 0 Å². The zero-order chi connectivity index (χ0) is 13.4. The molecule has 0 aliphatic heterocycles. The third kappa shape index (κ3) is 2.25. The summed E-state index contributed by atoms with van der Waals surface area (Å²) >= 11 is 0. The van der Waals surface area contributed by atoms with Gasteiger partial charge in [-0.1, -0.05) is 6.92 Å². The van der Waals surface area contributed by atoms with E-state index in [9.17, 15) is 17.2 Å². The third-order valence-corrected chi connectivity index (χ3v) is 4.52. The first-order valence-corrected chi connectivity index (χ1v) is 6.37. The van der Waals surface area contributed by atoms with Gasteiger partial charge in [-0.05, 0) is 13.0 Å². The minimum atomic E-state index is -4.04. The topological polar surface area (TPSA) is 63.4 Å². The molecule has 7 heteroatoms. The van der Waals surface area contributed by atoms with E-state index >= 15 is 0 Å². The maximum atomic E-state index is 13.6. The lowest BCUT2D eigenvalue weighted by atomic mass is 10.2. The van der Waals surface area contributed by atoms with Crippen LogP contribution in [-0.4, -0.2) is 26.3 Å². The number of halogens is 2. The van der Waals surface area contributed by atoms with Crippen LogP contribution < -0.4 is 5.73 Å². The van der Waals surface area contributed by atoms with Gasteiger partial charge < -0.3 is 5.73 Å². The van der Waals surface area contributed by atoms with E-state index in [2.05, 4.69) is 0 Å². The SMILES string of the molecule is CCN(C)S(=O)(=O)c1cc(N)c(C)c(F)c1F. The number of sulfonamides is 1. The fourth-order valence-electron chi connectivity index (χ4n) is 1.24. The van der Waals surface area contributed by atoms with E-state index in [4.69, 9.17) is 5.73 Å². The Kier molecular flexibility index (Phi) is 3.73. The number of nitrogens with zero attached hydrogens (tertiary/aromatic N) is 1. The molecule has 0 amide bonds. The Balaban J connectivity index is 3.54. The molecule has 1 aromatic carbocycles. The van der Waals surface area contributed by atoms with Crippen molar-refractivity contribution in [2.24, 2.45) is 0 Å². The zero-order valence-electron chi connectivity index (χ0n) is 9.79. The number of hydrogen-bond donors (Lipinski definition) is 1. The summed E-state index contributed by atoms with van der Waals surface area (Å²) in [6.45, 7) is 3.02. The van der Waals surface area contributed by atoms with Gasteiger partial charge in [0.05, 0.1) is 0 Å². The Morgan fingerprint density at radius 3 is 2.35 bits per heavy atom. The summed E-state index contributed by atoms with van der Waals surface area (Å²) in [7, 11) is -2.76. The molecule has 0 fully saturated rings. The fraction of sp³-hybridized carbons (Fsp3) is 0.400. The highest BCUT2D eigenvalue weighted by molar-refractivity contribution is 7.89. The number of nitrogens with two attached hydrogens (primary N) is 1. The molecule has 1 rings (SSSR count). The van der Waals surface area contributed by atoms with E-state index in [1.807, 2.05) is 0 Å². The van der Waals surface area contributed by atoms with Crippen LogP contribution in [0.5, 0.6) is 0 Å². The molecule has 0 aromatic heterocycles. The number of benzene rings is 1. The second-order valence-corrected chi connectivity index (χ2v) is 5.65. The minimum Gasteiger partial charge on any atom is -0.398 e. The summed E-state index contributed by atoms with van der Waals surface area (Å²) in [4.78, 5) is -0.734. The molecule has 17 heavy (non-hydrogen) atoms. The van der Waals surface area contributed by atoms with Crippen molar-refractivity contribution in [1.29, 1.82) is 0 Å². The van der Waals surface area contributed by atoms with E-state index < -0.39 is 26.6 Å². The molecule has 2 N–H and O–H groups in total. The predicted octanol–water partition coefficient (Wildman–Crippen LogP) is 1.50. The Bertz CT molecular complexity index is 544. The first-order valence-electron chi connectivity index (χ1n) is 4.93. The first kappa shape index (κ1) is 13.9. The molecule has 0 bridgehead atoms. The van der Waals surface area contributed by atoms with Crippen LogP contribution >= 0.6 is 0 Å². The van der Waals surface area contributed by atoms with E-state index in [0.29, 0.717) is 0 Å². The van der Waals surface area contributed by atoms with Gasteiger partial charge in [-0.25, -0.2) is 21.5 Å². The van der Waals surface area contributed by atoms with Crippen LogP contribution in [0, 0.1) is 18.6 Å². The predicted molar refractivity (Wildman–Crippen MR) is 61.0 cm³/mol. The number of nitrogen functional groups attached to an aromatic ring is 1. The fourth-order valence-corrected chi connectivity index (χ4v) is 2.51. The second kappa shape index (κ2) is 4.58. The average Bonchev–Trinajstić information content (AvgIpc) is 2.29. The molecule has 0 spiro atoms. The molecule has 96 valence electrons. The lowest BCUT2D eigenvalue weighted by Crippen LogP contribution is -2.28.